The molecule has 0 unspecified atom stereocenters. The van der Waals surface area contributed by atoms with Crippen LogP contribution in [-0.4, -0.2) is 25.4 Å². The first-order chi connectivity index (χ1) is 15.4. The maximum Gasteiger partial charge on any atom is 0.262 e. The summed E-state index contributed by atoms with van der Waals surface area (Å²) in [5, 5.41) is 8.16. The van der Waals surface area contributed by atoms with Crippen molar-refractivity contribution in [3.8, 4) is 0 Å². The molecule has 0 aliphatic heterocycles. The summed E-state index contributed by atoms with van der Waals surface area (Å²) in [6.07, 6.45) is 7.47. The van der Waals surface area contributed by atoms with Gasteiger partial charge in [-0.15, -0.1) is 11.3 Å². The lowest BCUT2D eigenvalue weighted by molar-refractivity contribution is 0.445. The Morgan fingerprint density at radius 2 is 2.16 bits per heavy atom. The molecule has 1 atom stereocenters. The van der Waals surface area contributed by atoms with Crippen LogP contribution < -0.4 is 10.9 Å². The van der Waals surface area contributed by atoms with E-state index >= 15 is 0 Å². The zero-order valence-electron chi connectivity index (χ0n) is 17.9. The first kappa shape index (κ1) is 21.0. The molecule has 32 heavy (non-hydrogen) atoms. The normalized spacial score (nSPS) is 15.9. The van der Waals surface area contributed by atoms with Crippen molar-refractivity contribution in [1.29, 1.82) is 0 Å². The average Bonchev–Trinajstić information content (AvgIpc) is 3.35. The molecule has 1 aliphatic carbocycles. The van der Waals surface area contributed by atoms with Crippen LogP contribution in [0.15, 0.2) is 35.6 Å². The number of aryl methyl sites for hydroxylation is 3. The number of thiophene rings is 1. The maximum atomic E-state index is 14.3. The van der Waals surface area contributed by atoms with Crippen LogP contribution in [0.5, 0.6) is 0 Å². The lowest BCUT2D eigenvalue weighted by Crippen LogP contribution is -2.34. The summed E-state index contributed by atoms with van der Waals surface area (Å²) in [5.74, 6) is -1.02. The molecule has 3 aromatic heterocycles. The Kier molecular flexibility index (Phi) is 5.38. The van der Waals surface area contributed by atoms with Gasteiger partial charge in [0, 0.05) is 41.8 Å². The molecule has 0 saturated carbocycles. The Hall–Kier alpha value is -2.91. The monoisotopic (exact) mass is 455 g/mol. The van der Waals surface area contributed by atoms with Crippen molar-refractivity contribution in [1.82, 2.24) is 24.6 Å². The zero-order valence-corrected chi connectivity index (χ0v) is 18.7. The van der Waals surface area contributed by atoms with Gasteiger partial charge in [-0.05, 0) is 43.4 Å². The minimum atomic E-state index is -0.530. The third-order valence-electron chi connectivity index (χ3n) is 6.09. The molecular weight excluding hydrogens is 432 g/mol. The van der Waals surface area contributed by atoms with Crippen molar-refractivity contribution in [2.24, 2.45) is 7.05 Å². The molecule has 1 N–H and O–H groups in total. The van der Waals surface area contributed by atoms with Crippen molar-refractivity contribution in [3.05, 3.63) is 80.0 Å². The molecule has 5 rings (SSSR count). The van der Waals surface area contributed by atoms with Crippen LogP contribution in [0, 0.1) is 18.6 Å². The number of hydrogen-bond donors (Lipinski definition) is 1. The second-order valence-corrected chi connectivity index (χ2v) is 9.44. The summed E-state index contributed by atoms with van der Waals surface area (Å²) in [5.41, 5.74) is 2.49. The molecule has 0 saturated heterocycles. The summed E-state index contributed by atoms with van der Waals surface area (Å²) in [6.45, 7) is 2.20. The number of rotatable bonds is 5. The first-order valence-electron chi connectivity index (χ1n) is 10.5. The van der Waals surface area contributed by atoms with Crippen LogP contribution in [0.1, 0.15) is 33.6 Å². The fourth-order valence-corrected chi connectivity index (χ4v) is 5.62. The molecule has 166 valence electrons. The SMILES string of the molecule is Cc1ccc(F)c(CN[C@H]2CCc3c(sc4ncn(Cc5cnn(C)c5)c(=O)c34)C2)c1F. The van der Waals surface area contributed by atoms with E-state index in [-0.39, 0.29) is 23.7 Å². The van der Waals surface area contributed by atoms with Crippen LogP contribution in [0.4, 0.5) is 8.78 Å². The maximum absolute atomic E-state index is 14.3. The van der Waals surface area contributed by atoms with Crippen LogP contribution in [0.2, 0.25) is 0 Å². The van der Waals surface area contributed by atoms with E-state index in [1.807, 2.05) is 13.2 Å². The Morgan fingerprint density at radius 3 is 2.94 bits per heavy atom. The first-order valence-corrected chi connectivity index (χ1v) is 11.4. The van der Waals surface area contributed by atoms with Gasteiger partial charge < -0.3 is 5.32 Å². The number of nitrogens with one attached hydrogen (secondary N) is 1. The number of halogens is 2. The topological polar surface area (TPSA) is 64.7 Å². The second-order valence-electron chi connectivity index (χ2n) is 8.36. The number of benzene rings is 1. The summed E-state index contributed by atoms with van der Waals surface area (Å²) < 4.78 is 31.7. The van der Waals surface area contributed by atoms with Gasteiger partial charge in [0.2, 0.25) is 0 Å². The Morgan fingerprint density at radius 1 is 1.31 bits per heavy atom. The molecule has 1 aromatic carbocycles. The predicted octanol–water partition coefficient (Wildman–Crippen LogP) is 3.47. The molecule has 0 amide bonds. The van der Waals surface area contributed by atoms with Gasteiger partial charge in [0.15, 0.2) is 0 Å². The Balaban J connectivity index is 1.37. The van der Waals surface area contributed by atoms with Crippen LogP contribution in [0.3, 0.4) is 0 Å². The summed E-state index contributed by atoms with van der Waals surface area (Å²) >= 11 is 1.54. The molecule has 1 aliphatic rings. The molecule has 6 nitrogen and oxygen atoms in total. The molecule has 0 bridgehead atoms. The van der Waals surface area contributed by atoms with Crippen LogP contribution in [-0.2, 0) is 33.0 Å². The van der Waals surface area contributed by atoms with Gasteiger partial charge >= 0.3 is 0 Å². The van der Waals surface area contributed by atoms with E-state index < -0.39 is 11.6 Å². The van der Waals surface area contributed by atoms with Crippen molar-refractivity contribution < 1.29 is 8.78 Å². The number of nitrogens with zero attached hydrogens (tertiary/aromatic N) is 4. The highest BCUT2D eigenvalue weighted by Crippen LogP contribution is 2.34. The summed E-state index contributed by atoms with van der Waals surface area (Å²) in [4.78, 5) is 19.6. The highest BCUT2D eigenvalue weighted by Gasteiger charge is 2.25. The molecule has 4 aromatic rings. The van der Waals surface area contributed by atoms with E-state index in [9.17, 15) is 13.6 Å². The highest BCUT2D eigenvalue weighted by molar-refractivity contribution is 7.18. The number of hydrogen-bond acceptors (Lipinski definition) is 5. The van der Waals surface area contributed by atoms with Crippen molar-refractivity contribution in [2.75, 3.05) is 0 Å². The van der Waals surface area contributed by atoms with Gasteiger partial charge in [-0.1, -0.05) is 6.07 Å². The molecule has 0 radical (unpaired) electrons. The lowest BCUT2D eigenvalue weighted by Gasteiger charge is -2.23. The van der Waals surface area contributed by atoms with Gasteiger partial charge in [-0.2, -0.15) is 5.10 Å². The third kappa shape index (κ3) is 3.75. The van der Waals surface area contributed by atoms with Crippen LogP contribution in [0.25, 0.3) is 10.2 Å². The van der Waals surface area contributed by atoms with E-state index in [1.165, 1.54) is 23.5 Å². The minimum Gasteiger partial charge on any atom is -0.309 e. The quantitative estimate of drug-likeness (QED) is 0.501. The third-order valence-corrected chi connectivity index (χ3v) is 7.26. The summed E-state index contributed by atoms with van der Waals surface area (Å²) in [6, 6.07) is 2.85. The average molecular weight is 456 g/mol. The molecule has 9 heteroatoms. The van der Waals surface area contributed by atoms with Gasteiger partial charge in [0.25, 0.3) is 5.56 Å². The number of aromatic nitrogens is 4. The molecular formula is C23H23F2N5OS. The van der Waals surface area contributed by atoms with E-state index in [4.69, 9.17) is 0 Å². The Labute approximate surface area is 187 Å². The molecule has 3 heterocycles. The lowest BCUT2D eigenvalue weighted by atomic mass is 9.93. The highest BCUT2D eigenvalue weighted by atomic mass is 32.1. The van der Waals surface area contributed by atoms with Crippen LogP contribution >= 0.6 is 11.3 Å². The largest absolute Gasteiger partial charge is 0.309 e. The standard InChI is InChI=1S/C23H23F2N5OS/c1-13-3-6-18(24)17(21(13)25)9-26-15-4-5-16-19(7-15)32-22-20(16)23(31)30(12-27-22)11-14-8-28-29(2)10-14/h3,6,8,10,12,15,26H,4-5,7,9,11H2,1-2H3/t15-/m0/s1. The second kappa shape index (κ2) is 8.22. The van der Waals surface area contributed by atoms with Gasteiger partial charge in [-0.3, -0.25) is 14.0 Å². The fourth-order valence-electron chi connectivity index (χ4n) is 4.36. The smallest absolute Gasteiger partial charge is 0.262 e. The molecule has 0 fully saturated rings. The van der Waals surface area contributed by atoms with Gasteiger partial charge in [0.1, 0.15) is 16.5 Å². The summed E-state index contributed by atoms with van der Waals surface area (Å²) in [7, 11) is 1.84. The number of fused-ring (bicyclic) bond motifs is 3. The minimum absolute atomic E-state index is 0.0355. The fraction of sp³-hybridized carbons (Fsp3) is 0.348. The van der Waals surface area contributed by atoms with Gasteiger partial charge in [-0.25, -0.2) is 13.8 Å². The van der Waals surface area contributed by atoms with Crippen molar-refractivity contribution in [2.45, 2.75) is 45.3 Å². The van der Waals surface area contributed by atoms with E-state index in [0.717, 1.165) is 33.7 Å². The van der Waals surface area contributed by atoms with E-state index in [2.05, 4.69) is 15.4 Å². The van der Waals surface area contributed by atoms with Crippen molar-refractivity contribution in [3.63, 3.8) is 0 Å². The Bertz CT molecular complexity index is 1370. The van der Waals surface area contributed by atoms with Gasteiger partial charge in [0.05, 0.1) is 24.5 Å². The van der Waals surface area contributed by atoms with E-state index in [1.54, 1.807) is 28.7 Å². The van der Waals surface area contributed by atoms with E-state index in [0.29, 0.717) is 23.9 Å². The van der Waals surface area contributed by atoms with Crippen molar-refractivity contribution >= 4 is 21.6 Å². The molecule has 0 spiro atoms. The predicted molar refractivity (Wildman–Crippen MR) is 120 cm³/mol. The zero-order chi connectivity index (χ0) is 22.4.